The van der Waals surface area contributed by atoms with Gasteiger partial charge in [0.15, 0.2) is 0 Å². The van der Waals surface area contributed by atoms with Crippen LogP contribution in [0.4, 0.5) is 0 Å². The molecular formula is C28H28Cl2N2O6S. The second-order valence-electron chi connectivity index (χ2n) is 9.29. The molecule has 4 rings (SSSR count). The number of aliphatic carboxylic acids is 1. The average molecular weight is 592 g/mol. The Balaban J connectivity index is 1.45. The van der Waals surface area contributed by atoms with Crippen LogP contribution in [-0.2, 0) is 32.5 Å². The van der Waals surface area contributed by atoms with Crippen molar-refractivity contribution in [2.75, 3.05) is 13.7 Å². The van der Waals surface area contributed by atoms with Crippen molar-refractivity contribution in [2.45, 2.75) is 42.7 Å². The Labute approximate surface area is 237 Å². The summed E-state index contributed by atoms with van der Waals surface area (Å²) < 4.78 is 33.0. The van der Waals surface area contributed by atoms with Crippen LogP contribution >= 0.6 is 23.2 Å². The van der Waals surface area contributed by atoms with Crippen LogP contribution in [-0.4, -0.2) is 55.4 Å². The van der Waals surface area contributed by atoms with Gasteiger partial charge < -0.3 is 15.2 Å². The molecule has 0 bridgehead atoms. The maximum absolute atomic E-state index is 13.3. The minimum Gasteiger partial charge on any atom is -0.496 e. The predicted molar refractivity (Wildman–Crippen MR) is 149 cm³/mol. The van der Waals surface area contributed by atoms with E-state index >= 15 is 0 Å². The molecule has 3 aromatic carbocycles. The van der Waals surface area contributed by atoms with E-state index in [1.165, 1.54) is 18.2 Å². The Morgan fingerprint density at radius 1 is 1.05 bits per heavy atom. The maximum atomic E-state index is 13.3. The van der Waals surface area contributed by atoms with E-state index in [0.29, 0.717) is 12.8 Å². The van der Waals surface area contributed by atoms with E-state index in [1.54, 1.807) is 7.11 Å². The number of nitrogens with zero attached hydrogens (tertiary/aromatic N) is 1. The SMILES string of the molecule is COc1ccccc1Cc1ccc(C[C@H](NC(=O)[C@@H]2CCCN2S(=O)(=O)c2cc(Cl)cc(Cl)c2)C(=O)O)cc1. The highest BCUT2D eigenvalue weighted by Crippen LogP contribution is 2.30. The Kier molecular flexibility index (Phi) is 9.17. The number of halogens is 2. The molecule has 39 heavy (non-hydrogen) atoms. The van der Waals surface area contributed by atoms with Gasteiger partial charge in [0.05, 0.1) is 12.0 Å². The van der Waals surface area contributed by atoms with E-state index in [2.05, 4.69) is 5.32 Å². The van der Waals surface area contributed by atoms with Crippen LogP contribution in [0.25, 0.3) is 0 Å². The predicted octanol–water partition coefficient (Wildman–Crippen LogP) is 4.56. The number of ether oxygens (including phenoxy) is 1. The number of nitrogens with one attached hydrogen (secondary N) is 1. The van der Waals surface area contributed by atoms with Gasteiger partial charge in [0.2, 0.25) is 15.9 Å². The number of amides is 1. The quantitative estimate of drug-likeness (QED) is 0.358. The molecule has 0 aliphatic carbocycles. The highest BCUT2D eigenvalue weighted by Gasteiger charge is 2.40. The molecule has 3 aromatic rings. The summed E-state index contributed by atoms with van der Waals surface area (Å²) in [5.74, 6) is -1.09. The zero-order valence-corrected chi connectivity index (χ0v) is 23.5. The molecule has 2 atom stereocenters. The van der Waals surface area contributed by atoms with Crippen LogP contribution in [0.5, 0.6) is 5.75 Å². The second-order valence-corrected chi connectivity index (χ2v) is 12.1. The first kappa shape index (κ1) is 28.9. The Morgan fingerprint density at radius 3 is 2.33 bits per heavy atom. The fraction of sp³-hybridized carbons (Fsp3) is 0.286. The molecule has 11 heteroatoms. The third-order valence-electron chi connectivity index (χ3n) is 6.61. The number of para-hydroxylation sites is 1. The molecule has 0 spiro atoms. The highest BCUT2D eigenvalue weighted by atomic mass is 35.5. The number of sulfonamides is 1. The molecule has 0 unspecified atom stereocenters. The fourth-order valence-electron chi connectivity index (χ4n) is 4.67. The first-order valence-electron chi connectivity index (χ1n) is 12.3. The lowest BCUT2D eigenvalue weighted by Crippen LogP contribution is -2.51. The number of hydrogen-bond acceptors (Lipinski definition) is 5. The van der Waals surface area contributed by atoms with Crippen molar-refractivity contribution in [3.63, 3.8) is 0 Å². The van der Waals surface area contributed by atoms with Crippen LogP contribution in [0, 0.1) is 0 Å². The molecule has 206 valence electrons. The van der Waals surface area contributed by atoms with Crippen molar-refractivity contribution in [3.8, 4) is 5.75 Å². The lowest BCUT2D eigenvalue weighted by Gasteiger charge is -2.25. The minimum atomic E-state index is -4.08. The van der Waals surface area contributed by atoms with E-state index in [0.717, 1.165) is 26.7 Å². The van der Waals surface area contributed by atoms with Gasteiger partial charge in [0, 0.05) is 29.4 Å². The van der Waals surface area contributed by atoms with Crippen LogP contribution in [0.1, 0.15) is 29.5 Å². The fourth-order valence-corrected chi connectivity index (χ4v) is 7.05. The molecular weight excluding hydrogens is 563 g/mol. The standard InChI is InChI=1S/C28H28Cl2N2O6S/c1-38-26-7-3-2-5-20(26)13-18-8-10-19(11-9-18)14-24(28(34)35)31-27(33)25-6-4-12-32(25)39(36,37)23-16-21(29)15-22(30)17-23/h2-3,5,7-11,15-17,24-25H,4,6,12-14H2,1H3,(H,31,33)(H,34,35)/t24-,25-/m0/s1. The monoisotopic (exact) mass is 590 g/mol. The van der Waals surface area contributed by atoms with Crippen LogP contribution in [0.2, 0.25) is 10.0 Å². The molecule has 1 aliphatic heterocycles. The largest absolute Gasteiger partial charge is 0.496 e. The number of carbonyl (C=O) groups excluding carboxylic acids is 1. The molecule has 2 N–H and O–H groups in total. The summed E-state index contributed by atoms with van der Waals surface area (Å²) in [6.07, 6.45) is 1.41. The molecule has 1 amide bonds. The topological polar surface area (TPSA) is 113 Å². The third-order valence-corrected chi connectivity index (χ3v) is 8.94. The lowest BCUT2D eigenvalue weighted by atomic mass is 10.00. The van der Waals surface area contributed by atoms with Gasteiger partial charge in [0.25, 0.3) is 0 Å². The summed E-state index contributed by atoms with van der Waals surface area (Å²) >= 11 is 12.0. The van der Waals surface area contributed by atoms with E-state index < -0.39 is 34.0 Å². The number of benzene rings is 3. The summed E-state index contributed by atoms with van der Waals surface area (Å²) in [5.41, 5.74) is 2.77. The molecule has 0 radical (unpaired) electrons. The van der Waals surface area contributed by atoms with Gasteiger partial charge in [-0.25, -0.2) is 13.2 Å². The van der Waals surface area contributed by atoms with Gasteiger partial charge in [-0.3, -0.25) is 4.79 Å². The van der Waals surface area contributed by atoms with Crippen molar-refractivity contribution < 1.29 is 27.9 Å². The molecule has 8 nitrogen and oxygen atoms in total. The third kappa shape index (κ3) is 6.91. The number of hydrogen-bond donors (Lipinski definition) is 2. The van der Waals surface area contributed by atoms with Gasteiger partial charge in [-0.1, -0.05) is 65.7 Å². The van der Waals surface area contributed by atoms with E-state index in [1.807, 2.05) is 48.5 Å². The highest BCUT2D eigenvalue weighted by molar-refractivity contribution is 7.89. The van der Waals surface area contributed by atoms with E-state index in [9.17, 15) is 23.1 Å². The molecule has 1 fully saturated rings. The number of carboxylic acid groups (broad SMARTS) is 1. The number of methoxy groups -OCH3 is 1. The number of rotatable bonds is 10. The van der Waals surface area contributed by atoms with Crippen molar-refractivity contribution >= 4 is 45.1 Å². The van der Waals surface area contributed by atoms with Crippen LogP contribution in [0.15, 0.2) is 71.6 Å². The Morgan fingerprint density at radius 2 is 1.69 bits per heavy atom. The normalized spacial score (nSPS) is 16.5. The van der Waals surface area contributed by atoms with Crippen LogP contribution in [0.3, 0.4) is 0 Å². The van der Waals surface area contributed by atoms with Crippen LogP contribution < -0.4 is 10.1 Å². The van der Waals surface area contributed by atoms with Gasteiger partial charge in [0.1, 0.15) is 17.8 Å². The zero-order chi connectivity index (χ0) is 28.2. The lowest BCUT2D eigenvalue weighted by molar-refractivity contribution is -0.142. The van der Waals surface area contributed by atoms with Crippen molar-refractivity contribution in [1.29, 1.82) is 0 Å². The first-order chi connectivity index (χ1) is 18.6. The average Bonchev–Trinajstić information content (AvgIpc) is 3.40. The Bertz CT molecular complexity index is 1440. The summed E-state index contributed by atoms with van der Waals surface area (Å²) in [7, 11) is -2.46. The van der Waals surface area contributed by atoms with Gasteiger partial charge >= 0.3 is 5.97 Å². The van der Waals surface area contributed by atoms with Crippen molar-refractivity contribution in [3.05, 3.63) is 93.5 Å². The smallest absolute Gasteiger partial charge is 0.326 e. The minimum absolute atomic E-state index is 0.0411. The molecule has 1 aliphatic rings. The van der Waals surface area contributed by atoms with Gasteiger partial charge in [-0.2, -0.15) is 4.31 Å². The zero-order valence-electron chi connectivity index (χ0n) is 21.1. The summed E-state index contributed by atoms with van der Waals surface area (Å²) in [6, 6.07) is 16.9. The molecule has 1 saturated heterocycles. The first-order valence-corrected chi connectivity index (χ1v) is 14.5. The molecule has 0 aromatic heterocycles. The molecule has 0 saturated carbocycles. The Hall–Kier alpha value is -3.11. The summed E-state index contributed by atoms with van der Waals surface area (Å²) in [5, 5.41) is 12.7. The molecule has 1 heterocycles. The van der Waals surface area contributed by atoms with Gasteiger partial charge in [-0.05, 0) is 53.8 Å². The van der Waals surface area contributed by atoms with Crippen molar-refractivity contribution in [2.24, 2.45) is 0 Å². The maximum Gasteiger partial charge on any atom is 0.326 e. The van der Waals surface area contributed by atoms with E-state index in [-0.39, 0.29) is 34.3 Å². The summed E-state index contributed by atoms with van der Waals surface area (Å²) in [4.78, 5) is 25.0. The summed E-state index contributed by atoms with van der Waals surface area (Å²) in [6.45, 7) is 0.121. The van der Waals surface area contributed by atoms with E-state index in [4.69, 9.17) is 27.9 Å². The number of carbonyl (C=O) groups is 2. The van der Waals surface area contributed by atoms with Gasteiger partial charge in [-0.15, -0.1) is 0 Å². The second kappa shape index (κ2) is 12.4. The number of carboxylic acids is 1. The van der Waals surface area contributed by atoms with Crippen molar-refractivity contribution in [1.82, 2.24) is 9.62 Å².